The summed E-state index contributed by atoms with van der Waals surface area (Å²) in [4.78, 5) is 29.6. The molecular weight excluding hydrogens is 400 g/mol. The van der Waals surface area contributed by atoms with Gasteiger partial charge in [0.2, 0.25) is 0 Å². The van der Waals surface area contributed by atoms with E-state index in [0.29, 0.717) is 0 Å². The minimum atomic E-state index is -0.488. The summed E-state index contributed by atoms with van der Waals surface area (Å²) in [7, 11) is 0. The Balaban J connectivity index is 1.13. The number of likely N-dealkylation sites (tertiary alicyclic amines) is 2. The van der Waals surface area contributed by atoms with Crippen molar-refractivity contribution in [3.05, 3.63) is 71.8 Å². The summed E-state index contributed by atoms with van der Waals surface area (Å²) in [6.45, 7) is 5.60. The molecule has 4 rings (SSSR count). The average Bonchev–Trinajstić information content (AvgIpc) is 2.83. The lowest BCUT2D eigenvalue weighted by molar-refractivity contribution is -0.140. The van der Waals surface area contributed by atoms with E-state index in [0.717, 1.165) is 65.0 Å². The fourth-order valence-electron chi connectivity index (χ4n) is 4.66. The Labute approximate surface area is 191 Å². The van der Waals surface area contributed by atoms with Gasteiger partial charge < -0.3 is 10.6 Å². The van der Waals surface area contributed by atoms with Crippen LogP contribution in [-0.4, -0.2) is 59.9 Å². The van der Waals surface area contributed by atoms with Crippen molar-refractivity contribution in [2.45, 2.75) is 50.9 Å². The van der Waals surface area contributed by atoms with E-state index in [9.17, 15) is 9.59 Å². The molecule has 6 heteroatoms. The summed E-state index contributed by atoms with van der Waals surface area (Å²) in [6.07, 6.45) is 3.51. The highest BCUT2D eigenvalue weighted by atomic mass is 16.2. The van der Waals surface area contributed by atoms with Crippen molar-refractivity contribution in [2.75, 3.05) is 26.2 Å². The zero-order valence-electron chi connectivity index (χ0n) is 18.7. The van der Waals surface area contributed by atoms with E-state index in [-0.39, 0.29) is 12.1 Å². The monoisotopic (exact) mass is 434 g/mol. The Kier molecular flexibility index (Phi) is 7.91. The smallest absolute Gasteiger partial charge is 0.309 e. The molecule has 2 fully saturated rings. The lowest BCUT2D eigenvalue weighted by atomic mass is 10.0. The number of benzene rings is 2. The molecule has 32 heavy (non-hydrogen) atoms. The van der Waals surface area contributed by atoms with Crippen LogP contribution in [0.2, 0.25) is 0 Å². The first-order valence-corrected chi connectivity index (χ1v) is 11.8. The minimum Gasteiger partial charge on any atom is -0.345 e. The molecule has 2 aromatic rings. The Hall–Kier alpha value is -2.70. The van der Waals surface area contributed by atoms with Crippen LogP contribution in [0, 0.1) is 0 Å². The lowest BCUT2D eigenvalue weighted by Crippen LogP contribution is -2.52. The van der Waals surface area contributed by atoms with Gasteiger partial charge in [0.25, 0.3) is 0 Å². The van der Waals surface area contributed by atoms with Crippen LogP contribution in [0.5, 0.6) is 0 Å². The Morgan fingerprint density at radius 2 is 0.969 bits per heavy atom. The highest BCUT2D eigenvalue weighted by Gasteiger charge is 2.26. The Bertz CT molecular complexity index is 784. The molecule has 2 amide bonds. The van der Waals surface area contributed by atoms with Crippen LogP contribution in [0.25, 0.3) is 0 Å². The Morgan fingerprint density at radius 3 is 1.31 bits per heavy atom. The molecular formula is C26H34N4O2. The van der Waals surface area contributed by atoms with E-state index in [1.165, 1.54) is 11.1 Å². The van der Waals surface area contributed by atoms with Crippen LogP contribution in [0.3, 0.4) is 0 Å². The van der Waals surface area contributed by atoms with E-state index in [2.05, 4.69) is 69.0 Å². The molecule has 2 saturated heterocycles. The molecule has 0 bridgehead atoms. The zero-order chi connectivity index (χ0) is 22.2. The van der Waals surface area contributed by atoms with Crippen LogP contribution >= 0.6 is 0 Å². The highest BCUT2D eigenvalue weighted by molar-refractivity contribution is 6.35. The van der Waals surface area contributed by atoms with Gasteiger partial charge in [0.05, 0.1) is 0 Å². The largest absolute Gasteiger partial charge is 0.345 e. The number of rotatable bonds is 6. The first kappa shape index (κ1) is 22.5. The van der Waals surface area contributed by atoms with E-state index in [4.69, 9.17) is 0 Å². The maximum atomic E-state index is 12.4. The molecule has 170 valence electrons. The maximum absolute atomic E-state index is 12.4. The summed E-state index contributed by atoms with van der Waals surface area (Å²) >= 11 is 0. The van der Waals surface area contributed by atoms with Crippen molar-refractivity contribution >= 4 is 11.8 Å². The minimum absolute atomic E-state index is 0.0768. The number of hydrogen-bond acceptors (Lipinski definition) is 4. The first-order valence-electron chi connectivity index (χ1n) is 11.8. The van der Waals surface area contributed by atoms with E-state index in [1.54, 1.807) is 0 Å². The van der Waals surface area contributed by atoms with E-state index >= 15 is 0 Å². The summed E-state index contributed by atoms with van der Waals surface area (Å²) < 4.78 is 0. The van der Waals surface area contributed by atoms with Gasteiger partial charge in [0.1, 0.15) is 0 Å². The number of carbonyl (C=O) groups excluding carboxylic acids is 2. The first-order chi connectivity index (χ1) is 15.7. The standard InChI is InChI=1S/C26H34N4O2/c31-25(27-23-11-15-29(16-12-23)19-21-7-3-1-4-8-21)26(32)28-24-13-17-30(18-14-24)20-22-9-5-2-6-10-22/h1-10,23-24H,11-20H2,(H,27,31)(H,28,32). The molecule has 0 aliphatic carbocycles. The van der Waals surface area contributed by atoms with E-state index < -0.39 is 11.8 Å². The average molecular weight is 435 g/mol. The molecule has 2 aromatic carbocycles. The molecule has 2 aliphatic rings. The van der Waals surface area contributed by atoms with Gasteiger partial charge in [0, 0.05) is 51.4 Å². The third-order valence-corrected chi connectivity index (χ3v) is 6.55. The highest BCUT2D eigenvalue weighted by Crippen LogP contribution is 2.15. The van der Waals surface area contributed by atoms with Crippen LogP contribution in [0.15, 0.2) is 60.7 Å². The number of carbonyl (C=O) groups is 2. The third kappa shape index (κ3) is 6.65. The number of nitrogens with zero attached hydrogens (tertiary/aromatic N) is 2. The molecule has 0 aromatic heterocycles. The second-order valence-corrected chi connectivity index (χ2v) is 9.02. The van der Waals surface area contributed by atoms with Crippen molar-refractivity contribution < 1.29 is 9.59 Å². The fraction of sp³-hybridized carbons (Fsp3) is 0.462. The molecule has 0 spiro atoms. The van der Waals surface area contributed by atoms with Gasteiger partial charge >= 0.3 is 11.8 Å². The number of hydrogen-bond donors (Lipinski definition) is 2. The van der Waals surface area contributed by atoms with Crippen molar-refractivity contribution in [1.29, 1.82) is 0 Å². The normalized spacial score (nSPS) is 18.9. The summed E-state index contributed by atoms with van der Waals surface area (Å²) in [6, 6.07) is 21.0. The molecule has 2 aliphatic heterocycles. The predicted octanol–water partition coefficient (Wildman–Crippen LogP) is 2.55. The molecule has 0 saturated carbocycles. The maximum Gasteiger partial charge on any atom is 0.309 e. The zero-order valence-corrected chi connectivity index (χ0v) is 18.7. The molecule has 0 unspecified atom stereocenters. The van der Waals surface area contributed by atoms with Gasteiger partial charge in [-0.15, -0.1) is 0 Å². The molecule has 2 N–H and O–H groups in total. The molecule has 6 nitrogen and oxygen atoms in total. The number of nitrogens with one attached hydrogen (secondary N) is 2. The topological polar surface area (TPSA) is 64.7 Å². The number of amides is 2. The van der Waals surface area contributed by atoms with Gasteiger partial charge in [-0.25, -0.2) is 0 Å². The Morgan fingerprint density at radius 1 is 0.625 bits per heavy atom. The summed E-state index contributed by atoms with van der Waals surface area (Å²) in [5.41, 5.74) is 2.62. The molecule has 0 atom stereocenters. The summed E-state index contributed by atoms with van der Waals surface area (Å²) in [5, 5.41) is 5.89. The van der Waals surface area contributed by atoms with Crippen molar-refractivity contribution in [3.8, 4) is 0 Å². The van der Waals surface area contributed by atoms with Crippen LogP contribution in [-0.2, 0) is 22.7 Å². The van der Waals surface area contributed by atoms with Gasteiger partial charge in [-0.3, -0.25) is 19.4 Å². The van der Waals surface area contributed by atoms with Gasteiger partial charge in [-0.2, -0.15) is 0 Å². The van der Waals surface area contributed by atoms with E-state index in [1.807, 2.05) is 12.1 Å². The lowest BCUT2D eigenvalue weighted by Gasteiger charge is -2.33. The van der Waals surface area contributed by atoms with Crippen LogP contribution in [0.1, 0.15) is 36.8 Å². The van der Waals surface area contributed by atoms with Crippen LogP contribution < -0.4 is 10.6 Å². The van der Waals surface area contributed by atoms with Crippen molar-refractivity contribution in [2.24, 2.45) is 0 Å². The summed E-state index contributed by atoms with van der Waals surface area (Å²) in [5.74, 6) is -0.976. The van der Waals surface area contributed by atoms with Gasteiger partial charge in [0.15, 0.2) is 0 Å². The van der Waals surface area contributed by atoms with Crippen molar-refractivity contribution in [1.82, 2.24) is 20.4 Å². The van der Waals surface area contributed by atoms with Crippen molar-refractivity contribution in [3.63, 3.8) is 0 Å². The quantitative estimate of drug-likeness (QED) is 0.686. The fourth-order valence-corrected chi connectivity index (χ4v) is 4.66. The van der Waals surface area contributed by atoms with Gasteiger partial charge in [-0.1, -0.05) is 60.7 Å². The number of piperidine rings is 2. The predicted molar refractivity (Wildman–Crippen MR) is 126 cm³/mol. The second-order valence-electron chi connectivity index (χ2n) is 9.02. The molecule has 2 heterocycles. The third-order valence-electron chi connectivity index (χ3n) is 6.55. The van der Waals surface area contributed by atoms with Crippen LogP contribution in [0.4, 0.5) is 0 Å². The van der Waals surface area contributed by atoms with Gasteiger partial charge in [-0.05, 0) is 36.8 Å². The molecule has 0 radical (unpaired) electrons. The SMILES string of the molecule is O=C(NC1CCN(Cc2ccccc2)CC1)C(=O)NC1CCN(Cc2ccccc2)CC1. The second kappa shape index (κ2) is 11.2.